The van der Waals surface area contributed by atoms with Crippen LogP contribution in [0.15, 0.2) is 17.5 Å². The van der Waals surface area contributed by atoms with Crippen molar-refractivity contribution < 1.29 is 0 Å². The van der Waals surface area contributed by atoms with Crippen molar-refractivity contribution in [3.05, 3.63) is 34.0 Å². The Hall–Kier alpha value is -1.20. The van der Waals surface area contributed by atoms with Crippen LogP contribution in [-0.4, -0.2) is 20.8 Å². The predicted octanol–water partition coefficient (Wildman–Crippen LogP) is 1.20. The van der Waals surface area contributed by atoms with Crippen molar-refractivity contribution in [1.29, 1.82) is 0 Å². The SMILES string of the molecule is NC1CCc2nc(Cc3cccs3)nn2C1. The summed E-state index contributed by atoms with van der Waals surface area (Å²) in [5, 5.41) is 6.59. The topological polar surface area (TPSA) is 56.7 Å². The average Bonchev–Trinajstić information content (AvgIpc) is 2.86. The molecule has 2 aromatic rings. The minimum absolute atomic E-state index is 0.240. The summed E-state index contributed by atoms with van der Waals surface area (Å²) in [5.41, 5.74) is 5.91. The zero-order valence-corrected chi connectivity index (χ0v) is 9.78. The third-order valence-electron chi connectivity index (χ3n) is 2.85. The summed E-state index contributed by atoms with van der Waals surface area (Å²) in [6.07, 6.45) is 2.82. The van der Waals surface area contributed by atoms with Gasteiger partial charge in [-0.15, -0.1) is 11.3 Å². The molecule has 84 valence electrons. The minimum atomic E-state index is 0.240. The van der Waals surface area contributed by atoms with E-state index in [9.17, 15) is 0 Å². The summed E-state index contributed by atoms with van der Waals surface area (Å²) in [6, 6.07) is 4.42. The van der Waals surface area contributed by atoms with Gasteiger partial charge in [-0.05, 0) is 17.9 Å². The number of thiophene rings is 1. The van der Waals surface area contributed by atoms with Crippen molar-refractivity contribution in [2.75, 3.05) is 0 Å². The van der Waals surface area contributed by atoms with Crippen LogP contribution in [0.2, 0.25) is 0 Å². The molecule has 2 N–H and O–H groups in total. The van der Waals surface area contributed by atoms with Gasteiger partial charge in [0.05, 0.1) is 6.54 Å². The molecule has 16 heavy (non-hydrogen) atoms. The summed E-state index contributed by atoms with van der Waals surface area (Å²) in [7, 11) is 0. The number of nitrogens with zero attached hydrogens (tertiary/aromatic N) is 3. The van der Waals surface area contributed by atoms with Crippen molar-refractivity contribution >= 4 is 11.3 Å². The highest BCUT2D eigenvalue weighted by atomic mass is 32.1. The molecule has 4 nitrogen and oxygen atoms in total. The van der Waals surface area contributed by atoms with Gasteiger partial charge in [0.15, 0.2) is 5.82 Å². The molecule has 1 unspecified atom stereocenters. The number of aryl methyl sites for hydroxylation is 1. The lowest BCUT2D eigenvalue weighted by Gasteiger charge is -2.17. The normalized spacial score (nSPS) is 19.7. The maximum absolute atomic E-state index is 5.91. The predicted molar refractivity (Wildman–Crippen MR) is 63.4 cm³/mol. The van der Waals surface area contributed by atoms with Crippen LogP contribution in [0.4, 0.5) is 0 Å². The molecule has 0 bridgehead atoms. The van der Waals surface area contributed by atoms with Gasteiger partial charge in [-0.25, -0.2) is 9.67 Å². The van der Waals surface area contributed by atoms with E-state index in [-0.39, 0.29) is 6.04 Å². The van der Waals surface area contributed by atoms with E-state index in [1.54, 1.807) is 11.3 Å². The van der Waals surface area contributed by atoms with E-state index in [2.05, 4.69) is 27.6 Å². The largest absolute Gasteiger partial charge is 0.326 e. The molecule has 0 saturated carbocycles. The smallest absolute Gasteiger partial charge is 0.156 e. The lowest BCUT2D eigenvalue weighted by molar-refractivity contribution is 0.421. The van der Waals surface area contributed by atoms with Crippen LogP contribution in [-0.2, 0) is 19.4 Å². The Kier molecular flexibility index (Phi) is 2.49. The number of fused-ring (bicyclic) bond motifs is 1. The van der Waals surface area contributed by atoms with Gasteiger partial charge in [0, 0.05) is 23.8 Å². The fraction of sp³-hybridized carbons (Fsp3) is 0.455. The van der Waals surface area contributed by atoms with Crippen molar-refractivity contribution in [3.8, 4) is 0 Å². The summed E-state index contributed by atoms with van der Waals surface area (Å²) < 4.78 is 1.97. The molecule has 3 heterocycles. The molecule has 5 heteroatoms. The zero-order valence-electron chi connectivity index (χ0n) is 8.97. The van der Waals surface area contributed by atoms with Crippen molar-refractivity contribution in [3.63, 3.8) is 0 Å². The molecule has 0 amide bonds. The van der Waals surface area contributed by atoms with Gasteiger partial charge >= 0.3 is 0 Å². The fourth-order valence-corrected chi connectivity index (χ4v) is 2.73. The molecule has 0 fully saturated rings. The Morgan fingerprint density at radius 1 is 1.56 bits per heavy atom. The van der Waals surface area contributed by atoms with E-state index in [1.807, 2.05) is 4.68 Å². The Bertz CT molecular complexity index is 474. The zero-order chi connectivity index (χ0) is 11.0. The number of nitrogens with two attached hydrogens (primary N) is 1. The Balaban J connectivity index is 1.82. The van der Waals surface area contributed by atoms with Crippen LogP contribution in [0, 0.1) is 0 Å². The van der Waals surface area contributed by atoms with Crippen LogP contribution in [0.5, 0.6) is 0 Å². The molecule has 1 atom stereocenters. The van der Waals surface area contributed by atoms with Crippen molar-refractivity contribution in [1.82, 2.24) is 14.8 Å². The van der Waals surface area contributed by atoms with E-state index in [1.165, 1.54) is 4.88 Å². The van der Waals surface area contributed by atoms with E-state index >= 15 is 0 Å². The Morgan fingerprint density at radius 2 is 2.50 bits per heavy atom. The van der Waals surface area contributed by atoms with Crippen LogP contribution >= 0.6 is 11.3 Å². The van der Waals surface area contributed by atoms with Gasteiger partial charge in [-0.3, -0.25) is 0 Å². The summed E-state index contributed by atoms with van der Waals surface area (Å²) >= 11 is 1.75. The Labute approximate surface area is 98.1 Å². The van der Waals surface area contributed by atoms with Crippen LogP contribution < -0.4 is 5.73 Å². The molecule has 0 spiro atoms. The maximum Gasteiger partial charge on any atom is 0.156 e. The third kappa shape index (κ3) is 1.88. The van der Waals surface area contributed by atoms with Crippen molar-refractivity contribution in [2.45, 2.75) is 31.8 Å². The second-order valence-electron chi connectivity index (χ2n) is 4.18. The summed E-state index contributed by atoms with van der Waals surface area (Å²) in [4.78, 5) is 5.88. The molecular formula is C11H14N4S. The lowest BCUT2D eigenvalue weighted by Crippen LogP contribution is -2.32. The van der Waals surface area contributed by atoms with Crippen LogP contribution in [0.25, 0.3) is 0 Å². The molecule has 2 aromatic heterocycles. The summed E-state index contributed by atoms with van der Waals surface area (Å²) in [6.45, 7) is 0.812. The first-order valence-electron chi connectivity index (χ1n) is 5.52. The van der Waals surface area contributed by atoms with E-state index < -0.39 is 0 Å². The maximum atomic E-state index is 5.91. The number of rotatable bonds is 2. The van der Waals surface area contributed by atoms with Crippen LogP contribution in [0.3, 0.4) is 0 Å². The summed E-state index contributed by atoms with van der Waals surface area (Å²) in [5.74, 6) is 2.01. The van der Waals surface area contributed by atoms with E-state index in [0.717, 1.165) is 37.5 Å². The van der Waals surface area contributed by atoms with E-state index in [0.29, 0.717) is 0 Å². The highest BCUT2D eigenvalue weighted by Gasteiger charge is 2.18. The monoisotopic (exact) mass is 234 g/mol. The molecular weight excluding hydrogens is 220 g/mol. The Morgan fingerprint density at radius 3 is 3.31 bits per heavy atom. The second-order valence-corrected chi connectivity index (χ2v) is 5.21. The molecule has 3 rings (SSSR count). The van der Waals surface area contributed by atoms with Gasteiger partial charge in [0.1, 0.15) is 5.82 Å². The fourth-order valence-electron chi connectivity index (χ4n) is 2.03. The molecule has 0 aromatic carbocycles. The first-order valence-corrected chi connectivity index (χ1v) is 6.40. The molecule has 1 aliphatic rings. The highest BCUT2D eigenvalue weighted by molar-refractivity contribution is 7.09. The van der Waals surface area contributed by atoms with Gasteiger partial charge < -0.3 is 5.73 Å². The second kappa shape index (κ2) is 3.99. The van der Waals surface area contributed by atoms with Crippen LogP contribution in [0.1, 0.15) is 22.9 Å². The molecule has 0 saturated heterocycles. The quantitative estimate of drug-likeness (QED) is 0.849. The standard InChI is InChI=1S/C11H14N4S/c12-8-3-4-11-13-10(14-15(11)7-8)6-9-2-1-5-16-9/h1-2,5,8H,3-4,6-7,12H2. The first-order chi connectivity index (χ1) is 7.81. The van der Waals surface area contributed by atoms with Gasteiger partial charge in [-0.2, -0.15) is 5.10 Å². The molecule has 0 aliphatic carbocycles. The van der Waals surface area contributed by atoms with E-state index in [4.69, 9.17) is 5.73 Å². The molecule has 1 aliphatic heterocycles. The minimum Gasteiger partial charge on any atom is -0.326 e. The van der Waals surface area contributed by atoms with Gasteiger partial charge in [0.25, 0.3) is 0 Å². The number of hydrogen-bond donors (Lipinski definition) is 1. The first kappa shape index (κ1) is 9.99. The average molecular weight is 234 g/mol. The van der Waals surface area contributed by atoms with Crippen molar-refractivity contribution in [2.24, 2.45) is 5.73 Å². The lowest BCUT2D eigenvalue weighted by atomic mass is 10.1. The third-order valence-corrected chi connectivity index (χ3v) is 3.73. The van der Waals surface area contributed by atoms with Gasteiger partial charge in [0.2, 0.25) is 0 Å². The highest BCUT2D eigenvalue weighted by Crippen LogP contribution is 2.16. The number of aromatic nitrogens is 3. The van der Waals surface area contributed by atoms with Gasteiger partial charge in [-0.1, -0.05) is 6.07 Å². The molecule has 0 radical (unpaired) electrons. The number of hydrogen-bond acceptors (Lipinski definition) is 4.